The van der Waals surface area contributed by atoms with Crippen LogP contribution >= 0.6 is 23.1 Å². The fourth-order valence-electron chi connectivity index (χ4n) is 1.92. The summed E-state index contributed by atoms with van der Waals surface area (Å²) in [5.74, 6) is 1.00. The molecular formula is C14H16N4S2. The molecule has 3 aromatic heterocycles. The number of thiophene rings is 1. The zero-order valence-electron chi connectivity index (χ0n) is 11.0. The van der Waals surface area contributed by atoms with Crippen molar-refractivity contribution in [1.82, 2.24) is 19.9 Å². The lowest BCUT2D eigenvalue weighted by atomic mass is 10.3. The molecule has 0 aliphatic carbocycles. The van der Waals surface area contributed by atoms with Gasteiger partial charge in [0.1, 0.15) is 0 Å². The Kier molecular flexibility index (Phi) is 4.68. The number of rotatable bonds is 7. The molecule has 3 heterocycles. The zero-order chi connectivity index (χ0) is 13.6. The molecule has 0 aliphatic rings. The second-order valence-electron chi connectivity index (χ2n) is 4.34. The van der Waals surface area contributed by atoms with Gasteiger partial charge < -0.3 is 5.32 Å². The Balaban J connectivity index is 1.39. The number of thioether (sulfide) groups is 1. The monoisotopic (exact) mass is 304 g/mol. The highest BCUT2D eigenvalue weighted by molar-refractivity contribution is 7.99. The van der Waals surface area contributed by atoms with Gasteiger partial charge in [-0.1, -0.05) is 23.9 Å². The Bertz CT molecular complexity index is 648. The van der Waals surface area contributed by atoms with Crippen LogP contribution in [0.5, 0.6) is 0 Å². The average molecular weight is 304 g/mol. The first-order chi connectivity index (χ1) is 9.93. The first kappa shape index (κ1) is 13.6. The first-order valence-corrected chi connectivity index (χ1v) is 8.46. The minimum Gasteiger partial charge on any atom is -0.316 e. The Labute approximate surface area is 126 Å². The van der Waals surface area contributed by atoms with Crippen LogP contribution in [0.1, 0.15) is 4.88 Å². The third-order valence-corrected chi connectivity index (χ3v) is 4.80. The standard InChI is InChI=1S/C14H16N4S2/c1-2-9-18-13(5-1)16-17-14(18)20-11-8-15-7-6-12-4-3-10-19-12/h1-5,9-10,15H,6-8,11H2. The van der Waals surface area contributed by atoms with Gasteiger partial charge in [0.2, 0.25) is 0 Å². The maximum atomic E-state index is 4.20. The number of pyridine rings is 1. The molecule has 1 N–H and O–H groups in total. The van der Waals surface area contributed by atoms with Crippen molar-refractivity contribution >= 4 is 28.7 Å². The van der Waals surface area contributed by atoms with Crippen LogP contribution in [0.3, 0.4) is 0 Å². The molecule has 0 atom stereocenters. The summed E-state index contributed by atoms with van der Waals surface area (Å²) in [6.07, 6.45) is 3.11. The molecule has 6 heteroatoms. The molecule has 0 unspecified atom stereocenters. The maximum Gasteiger partial charge on any atom is 0.195 e. The summed E-state index contributed by atoms with van der Waals surface area (Å²) >= 11 is 3.55. The molecule has 0 saturated carbocycles. The molecule has 104 valence electrons. The van der Waals surface area contributed by atoms with Crippen LogP contribution in [0.4, 0.5) is 0 Å². The van der Waals surface area contributed by atoms with E-state index >= 15 is 0 Å². The minimum atomic E-state index is 0.903. The second-order valence-corrected chi connectivity index (χ2v) is 6.43. The number of fused-ring (bicyclic) bond motifs is 1. The molecule has 3 rings (SSSR count). The van der Waals surface area contributed by atoms with Gasteiger partial charge in [-0.05, 0) is 36.5 Å². The van der Waals surface area contributed by atoms with E-state index in [9.17, 15) is 0 Å². The van der Waals surface area contributed by atoms with Crippen molar-refractivity contribution in [3.63, 3.8) is 0 Å². The second kappa shape index (κ2) is 6.88. The third kappa shape index (κ3) is 3.39. The molecule has 0 bridgehead atoms. The van der Waals surface area contributed by atoms with Crippen LogP contribution in [-0.4, -0.2) is 33.4 Å². The van der Waals surface area contributed by atoms with Gasteiger partial charge in [0.05, 0.1) is 0 Å². The molecule has 0 spiro atoms. The fraction of sp³-hybridized carbons (Fsp3) is 0.286. The van der Waals surface area contributed by atoms with Crippen LogP contribution in [0.25, 0.3) is 5.65 Å². The SMILES string of the molecule is c1csc(CCNCCSc2nnc3ccccn23)c1. The van der Waals surface area contributed by atoms with Gasteiger partial charge in [0, 0.05) is 23.4 Å². The van der Waals surface area contributed by atoms with E-state index in [0.29, 0.717) is 0 Å². The van der Waals surface area contributed by atoms with Crippen molar-refractivity contribution in [2.24, 2.45) is 0 Å². The molecule has 3 aromatic rings. The third-order valence-electron chi connectivity index (χ3n) is 2.92. The highest BCUT2D eigenvalue weighted by Crippen LogP contribution is 2.15. The highest BCUT2D eigenvalue weighted by atomic mass is 32.2. The number of nitrogens with zero attached hydrogens (tertiary/aromatic N) is 3. The van der Waals surface area contributed by atoms with Crippen molar-refractivity contribution < 1.29 is 0 Å². The molecule has 0 aliphatic heterocycles. The Morgan fingerprint density at radius 3 is 3.05 bits per heavy atom. The lowest BCUT2D eigenvalue weighted by molar-refractivity contribution is 0.724. The van der Waals surface area contributed by atoms with E-state index in [2.05, 4.69) is 33.0 Å². The summed E-state index contributed by atoms with van der Waals surface area (Å²) in [4.78, 5) is 1.44. The Morgan fingerprint density at radius 2 is 2.15 bits per heavy atom. The highest BCUT2D eigenvalue weighted by Gasteiger charge is 2.04. The summed E-state index contributed by atoms with van der Waals surface area (Å²) in [6.45, 7) is 2.01. The molecule has 20 heavy (non-hydrogen) atoms. The number of hydrogen-bond acceptors (Lipinski definition) is 5. The van der Waals surface area contributed by atoms with Crippen LogP contribution < -0.4 is 5.32 Å². The van der Waals surface area contributed by atoms with Crippen molar-refractivity contribution in [3.05, 3.63) is 46.8 Å². The van der Waals surface area contributed by atoms with Crippen molar-refractivity contribution in [1.29, 1.82) is 0 Å². The summed E-state index contributed by atoms with van der Waals surface area (Å²) in [6, 6.07) is 10.2. The Morgan fingerprint density at radius 1 is 1.15 bits per heavy atom. The lowest BCUT2D eigenvalue weighted by Gasteiger charge is -2.03. The predicted molar refractivity (Wildman–Crippen MR) is 84.6 cm³/mol. The molecule has 0 fully saturated rings. The van der Waals surface area contributed by atoms with Crippen LogP contribution in [0.15, 0.2) is 47.1 Å². The van der Waals surface area contributed by atoms with Crippen molar-refractivity contribution in [2.75, 3.05) is 18.8 Å². The van der Waals surface area contributed by atoms with E-state index in [0.717, 1.165) is 36.1 Å². The van der Waals surface area contributed by atoms with Crippen LogP contribution in [0.2, 0.25) is 0 Å². The van der Waals surface area contributed by atoms with E-state index in [1.54, 1.807) is 11.8 Å². The van der Waals surface area contributed by atoms with E-state index < -0.39 is 0 Å². The predicted octanol–water partition coefficient (Wildman–Crippen LogP) is 2.72. The number of hydrogen-bond donors (Lipinski definition) is 1. The molecule has 0 amide bonds. The first-order valence-electron chi connectivity index (χ1n) is 6.59. The topological polar surface area (TPSA) is 42.2 Å². The van der Waals surface area contributed by atoms with Gasteiger partial charge >= 0.3 is 0 Å². The van der Waals surface area contributed by atoms with Gasteiger partial charge in [-0.15, -0.1) is 21.5 Å². The van der Waals surface area contributed by atoms with Gasteiger partial charge in [-0.2, -0.15) is 0 Å². The molecule has 4 nitrogen and oxygen atoms in total. The van der Waals surface area contributed by atoms with Gasteiger partial charge in [-0.25, -0.2) is 0 Å². The Hall–Kier alpha value is -1.37. The number of nitrogens with one attached hydrogen (secondary N) is 1. The minimum absolute atomic E-state index is 0.903. The maximum absolute atomic E-state index is 4.20. The van der Waals surface area contributed by atoms with Gasteiger partial charge in [0.25, 0.3) is 0 Å². The van der Waals surface area contributed by atoms with Crippen LogP contribution in [-0.2, 0) is 6.42 Å². The van der Waals surface area contributed by atoms with Gasteiger partial charge in [0.15, 0.2) is 10.8 Å². The fourth-order valence-corrected chi connectivity index (χ4v) is 3.45. The van der Waals surface area contributed by atoms with E-state index in [4.69, 9.17) is 0 Å². The van der Waals surface area contributed by atoms with Gasteiger partial charge in [-0.3, -0.25) is 4.40 Å². The van der Waals surface area contributed by atoms with Crippen molar-refractivity contribution in [2.45, 2.75) is 11.6 Å². The summed E-state index contributed by atoms with van der Waals surface area (Å²) in [5, 5.41) is 14.9. The van der Waals surface area contributed by atoms with E-state index in [1.807, 2.05) is 40.1 Å². The molecule has 0 aromatic carbocycles. The normalized spacial score (nSPS) is 11.2. The van der Waals surface area contributed by atoms with Crippen LogP contribution in [0, 0.1) is 0 Å². The largest absolute Gasteiger partial charge is 0.316 e. The van der Waals surface area contributed by atoms with Crippen molar-refractivity contribution in [3.8, 4) is 0 Å². The molecule has 0 saturated heterocycles. The van der Waals surface area contributed by atoms with E-state index in [-0.39, 0.29) is 0 Å². The quantitative estimate of drug-likeness (QED) is 0.538. The summed E-state index contributed by atoms with van der Waals surface area (Å²) in [7, 11) is 0. The van der Waals surface area contributed by atoms with E-state index in [1.165, 1.54) is 4.88 Å². The average Bonchev–Trinajstić information content (AvgIpc) is 3.12. The molecular weight excluding hydrogens is 288 g/mol. The summed E-state index contributed by atoms with van der Waals surface area (Å²) in [5.41, 5.74) is 0.903. The lowest BCUT2D eigenvalue weighted by Crippen LogP contribution is -2.19. The zero-order valence-corrected chi connectivity index (χ0v) is 12.7. The summed E-state index contributed by atoms with van der Waals surface area (Å²) < 4.78 is 2.02. The number of aromatic nitrogens is 3. The molecule has 0 radical (unpaired) electrons. The smallest absolute Gasteiger partial charge is 0.195 e.